The molecule has 3 nitrogen and oxygen atoms in total. The van der Waals surface area contributed by atoms with Crippen LogP contribution in [0.1, 0.15) is 25.8 Å². The summed E-state index contributed by atoms with van der Waals surface area (Å²) in [5, 5.41) is 3.91. The smallest absolute Gasteiger partial charge is 0.179 e. The summed E-state index contributed by atoms with van der Waals surface area (Å²) < 4.78 is 10.9. The maximum Gasteiger partial charge on any atom is 0.179 e. The van der Waals surface area contributed by atoms with Crippen molar-refractivity contribution >= 4 is 11.6 Å². The molecule has 1 aromatic carbocycles. The first-order valence-electron chi connectivity index (χ1n) is 6.71. The van der Waals surface area contributed by atoms with Crippen molar-refractivity contribution in [3.05, 3.63) is 22.7 Å². The van der Waals surface area contributed by atoms with E-state index in [9.17, 15) is 0 Å². The topological polar surface area (TPSA) is 30.5 Å². The van der Waals surface area contributed by atoms with Gasteiger partial charge in [-0.15, -0.1) is 12.3 Å². The van der Waals surface area contributed by atoms with Gasteiger partial charge in [0.1, 0.15) is 0 Å². The molecular weight excluding hydrogens is 274 g/mol. The lowest BCUT2D eigenvalue weighted by atomic mass is 10.1. The summed E-state index contributed by atoms with van der Waals surface area (Å²) in [7, 11) is 1.60. The Bertz CT molecular complexity index is 466. The molecule has 0 atom stereocenters. The van der Waals surface area contributed by atoms with E-state index in [4.69, 9.17) is 27.5 Å². The predicted molar refractivity (Wildman–Crippen MR) is 83.5 cm³/mol. The van der Waals surface area contributed by atoms with Gasteiger partial charge >= 0.3 is 0 Å². The van der Waals surface area contributed by atoms with Crippen LogP contribution in [-0.2, 0) is 6.54 Å². The number of benzene rings is 1. The first-order valence-corrected chi connectivity index (χ1v) is 7.09. The number of methoxy groups -OCH3 is 1. The molecule has 0 radical (unpaired) electrons. The SMILES string of the molecule is C#CCCOc1c(Cl)cc(CNCC(C)C)cc1OC. The van der Waals surface area contributed by atoms with Gasteiger partial charge in [0.05, 0.1) is 18.7 Å². The van der Waals surface area contributed by atoms with E-state index in [-0.39, 0.29) is 0 Å². The molecule has 0 aliphatic heterocycles. The van der Waals surface area contributed by atoms with Crippen molar-refractivity contribution in [2.75, 3.05) is 20.3 Å². The van der Waals surface area contributed by atoms with Crippen LogP contribution >= 0.6 is 11.6 Å². The number of rotatable bonds is 8. The van der Waals surface area contributed by atoms with Crippen molar-refractivity contribution in [3.8, 4) is 23.8 Å². The Morgan fingerprint density at radius 2 is 2.15 bits per heavy atom. The third kappa shape index (κ3) is 5.32. The molecule has 0 aliphatic carbocycles. The van der Waals surface area contributed by atoms with Crippen LogP contribution in [0.2, 0.25) is 5.02 Å². The van der Waals surface area contributed by atoms with E-state index in [1.54, 1.807) is 7.11 Å². The van der Waals surface area contributed by atoms with Crippen LogP contribution in [-0.4, -0.2) is 20.3 Å². The van der Waals surface area contributed by atoms with Crippen molar-refractivity contribution in [1.29, 1.82) is 0 Å². The van der Waals surface area contributed by atoms with Gasteiger partial charge in [-0.3, -0.25) is 0 Å². The third-order valence-corrected chi connectivity index (χ3v) is 2.94. The van der Waals surface area contributed by atoms with Gasteiger partial charge in [0.2, 0.25) is 0 Å². The Morgan fingerprint density at radius 3 is 2.75 bits per heavy atom. The van der Waals surface area contributed by atoms with Crippen molar-refractivity contribution in [1.82, 2.24) is 5.32 Å². The molecule has 0 spiro atoms. The number of hydrogen-bond donors (Lipinski definition) is 1. The molecule has 0 saturated carbocycles. The summed E-state index contributed by atoms with van der Waals surface area (Å²) >= 11 is 6.25. The van der Waals surface area contributed by atoms with Crippen molar-refractivity contribution in [3.63, 3.8) is 0 Å². The van der Waals surface area contributed by atoms with Gasteiger partial charge in [-0.2, -0.15) is 0 Å². The zero-order chi connectivity index (χ0) is 15.0. The van der Waals surface area contributed by atoms with Gasteiger partial charge < -0.3 is 14.8 Å². The molecule has 0 heterocycles. The van der Waals surface area contributed by atoms with E-state index in [0.29, 0.717) is 35.5 Å². The van der Waals surface area contributed by atoms with Crippen molar-refractivity contribution < 1.29 is 9.47 Å². The van der Waals surface area contributed by atoms with Crippen LogP contribution in [0.25, 0.3) is 0 Å². The Hall–Kier alpha value is -1.37. The fourth-order valence-electron chi connectivity index (χ4n) is 1.73. The van der Waals surface area contributed by atoms with E-state index < -0.39 is 0 Å². The Morgan fingerprint density at radius 1 is 1.40 bits per heavy atom. The van der Waals surface area contributed by atoms with Crippen LogP contribution in [0, 0.1) is 18.3 Å². The quantitative estimate of drug-likeness (QED) is 0.588. The molecule has 0 aromatic heterocycles. The van der Waals surface area contributed by atoms with Crippen LogP contribution in [0.5, 0.6) is 11.5 Å². The molecule has 0 unspecified atom stereocenters. The van der Waals surface area contributed by atoms with Crippen molar-refractivity contribution in [2.45, 2.75) is 26.8 Å². The zero-order valence-electron chi connectivity index (χ0n) is 12.3. The normalized spacial score (nSPS) is 10.4. The Labute approximate surface area is 126 Å². The molecular formula is C16H22ClNO2. The first-order chi connectivity index (χ1) is 9.58. The lowest BCUT2D eigenvalue weighted by Gasteiger charge is -2.14. The molecule has 0 fully saturated rings. The minimum Gasteiger partial charge on any atom is -0.493 e. The summed E-state index contributed by atoms with van der Waals surface area (Å²) in [6.07, 6.45) is 5.74. The van der Waals surface area contributed by atoms with Crippen LogP contribution < -0.4 is 14.8 Å². The van der Waals surface area contributed by atoms with Gasteiger partial charge in [-0.25, -0.2) is 0 Å². The fourth-order valence-corrected chi connectivity index (χ4v) is 2.02. The van der Waals surface area contributed by atoms with E-state index >= 15 is 0 Å². The van der Waals surface area contributed by atoms with E-state index in [1.165, 1.54) is 0 Å². The summed E-state index contributed by atoms with van der Waals surface area (Å²) in [5.74, 6) is 4.32. The first kappa shape index (κ1) is 16.7. The number of halogens is 1. The van der Waals surface area contributed by atoms with E-state index in [2.05, 4.69) is 25.1 Å². The second kappa shape index (κ2) is 8.73. The summed E-state index contributed by atoms with van der Waals surface area (Å²) in [6.45, 7) is 6.47. The third-order valence-electron chi connectivity index (χ3n) is 2.66. The zero-order valence-corrected chi connectivity index (χ0v) is 13.1. The maximum absolute atomic E-state index is 6.25. The van der Waals surface area contributed by atoms with Crippen LogP contribution in [0.15, 0.2) is 12.1 Å². The molecule has 0 amide bonds. The highest BCUT2D eigenvalue weighted by molar-refractivity contribution is 6.32. The van der Waals surface area contributed by atoms with Crippen LogP contribution in [0.4, 0.5) is 0 Å². The molecule has 110 valence electrons. The average molecular weight is 296 g/mol. The minimum absolute atomic E-state index is 0.428. The van der Waals surface area contributed by atoms with Crippen molar-refractivity contribution in [2.24, 2.45) is 5.92 Å². The highest BCUT2D eigenvalue weighted by atomic mass is 35.5. The highest BCUT2D eigenvalue weighted by Gasteiger charge is 2.11. The number of terminal acetylenes is 1. The second-order valence-electron chi connectivity index (χ2n) is 4.94. The second-order valence-corrected chi connectivity index (χ2v) is 5.34. The van der Waals surface area contributed by atoms with E-state index in [1.807, 2.05) is 12.1 Å². The standard InChI is InChI=1S/C16H22ClNO2/c1-5-6-7-20-16-14(17)8-13(9-15(16)19-4)11-18-10-12(2)3/h1,8-9,12,18H,6-7,10-11H2,2-4H3. The average Bonchev–Trinajstić information content (AvgIpc) is 2.40. The van der Waals surface area contributed by atoms with E-state index in [0.717, 1.165) is 18.7 Å². The molecule has 0 bridgehead atoms. The molecule has 0 aliphatic rings. The van der Waals surface area contributed by atoms with Gasteiger partial charge in [-0.1, -0.05) is 25.4 Å². The van der Waals surface area contributed by atoms with Gasteiger partial charge in [0.25, 0.3) is 0 Å². The fraction of sp³-hybridized carbons (Fsp3) is 0.500. The summed E-state index contributed by atoms with van der Waals surface area (Å²) in [4.78, 5) is 0. The lowest BCUT2D eigenvalue weighted by Crippen LogP contribution is -2.19. The monoisotopic (exact) mass is 295 g/mol. The Kier molecular flexibility index (Phi) is 7.28. The van der Waals surface area contributed by atoms with Gasteiger partial charge in [0.15, 0.2) is 11.5 Å². The number of hydrogen-bond acceptors (Lipinski definition) is 3. The number of nitrogens with one attached hydrogen (secondary N) is 1. The van der Waals surface area contributed by atoms with Gasteiger partial charge in [0, 0.05) is 13.0 Å². The highest BCUT2D eigenvalue weighted by Crippen LogP contribution is 2.36. The number of ether oxygens (including phenoxy) is 2. The molecule has 20 heavy (non-hydrogen) atoms. The molecule has 0 saturated heterocycles. The lowest BCUT2D eigenvalue weighted by molar-refractivity contribution is 0.301. The summed E-state index contributed by atoms with van der Waals surface area (Å²) in [5.41, 5.74) is 1.07. The molecule has 1 rings (SSSR count). The molecule has 1 N–H and O–H groups in total. The van der Waals surface area contributed by atoms with Gasteiger partial charge in [-0.05, 0) is 30.2 Å². The minimum atomic E-state index is 0.428. The Balaban J connectivity index is 2.76. The summed E-state index contributed by atoms with van der Waals surface area (Å²) in [6, 6.07) is 3.83. The van der Waals surface area contributed by atoms with Crippen LogP contribution in [0.3, 0.4) is 0 Å². The maximum atomic E-state index is 6.25. The predicted octanol–water partition coefficient (Wildman–Crippen LogP) is 3.50. The largest absolute Gasteiger partial charge is 0.493 e. The molecule has 1 aromatic rings. The molecule has 4 heteroatoms.